The van der Waals surface area contributed by atoms with Gasteiger partial charge in [-0.05, 0) is 47.4 Å². The number of benzene rings is 8. The van der Waals surface area contributed by atoms with Crippen molar-refractivity contribution >= 4 is 81.7 Å². The number of para-hydroxylation sites is 6. The molecule has 5 heterocycles. The van der Waals surface area contributed by atoms with Crippen LogP contribution in [0.4, 0.5) is 0 Å². The summed E-state index contributed by atoms with van der Waals surface area (Å²) in [6.45, 7) is 0. The van der Waals surface area contributed by atoms with Crippen LogP contribution in [0.15, 0.2) is 182 Å². The van der Waals surface area contributed by atoms with Crippen LogP contribution >= 0.6 is 0 Å². The van der Waals surface area contributed by atoms with E-state index in [1.807, 2.05) is 54.6 Å². The molecule has 0 spiro atoms. The zero-order chi connectivity index (χ0) is 51.1. The molecule has 0 amide bonds. The van der Waals surface area contributed by atoms with E-state index in [9.17, 15) is 5.48 Å². The van der Waals surface area contributed by atoms with Gasteiger partial charge in [0.2, 0.25) is 11.9 Å². The summed E-state index contributed by atoms with van der Waals surface area (Å²) in [6.07, 6.45) is 0. The third kappa shape index (κ3) is 4.10. The minimum atomic E-state index is -0.697. The largest absolute Gasteiger partial charge is 0.308 e. The number of rotatable bonds is 4. The van der Waals surface area contributed by atoms with Crippen molar-refractivity contribution in [2.45, 2.75) is 0 Å². The highest BCUT2D eigenvalue weighted by Crippen LogP contribution is 2.44. The predicted octanol–water partition coefficient (Wildman–Crippen LogP) is 12.5. The van der Waals surface area contributed by atoms with Crippen molar-refractivity contribution in [3.63, 3.8) is 0 Å². The Bertz CT molecular complexity index is 4380. The Hall–Kier alpha value is -7.83. The summed E-state index contributed by atoms with van der Waals surface area (Å²) < 4.78 is 148. The lowest BCUT2D eigenvalue weighted by Gasteiger charge is -2.15. The van der Waals surface area contributed by atoms with Crippen molar-refractivity contribution in [3.05, 3.63) is 182 Å². The van der Waals surface area contributed by atoms with Gasteiger partial charge in [-0.1, -0.05) is 145 Å². The quantitative estimate of drug-likeness (QED) is 0.180. The maximum atomic E-state index is 9.30. The fourth-order valence-electron chi connectivity index (χ4n) is 8.53. The van der Waals surface area contributed by atoms with Gasteiger partial charge in [-0.15, -0.1) is 0 Å². The van der Waals surface area contributed by atoms with Crippen LogP contribution in [-0.2, 0) is 0 Å². The first-order valence-electron chi connectivity index (χ1n) is 26.0. The highest BCUT2D eigenvalue weighted by atomic mass is 15.3. The molecule has 57 heavy (non-hydrogen) atoms. The summed E-state index contributed by atoms with van der Waals surface area (Å²) in [6, 6.07) is 16.9. The van der Waals surface area contributed by atoms with Gasteiger partial charge in [-0.25, -0.2) is 0 Å². The van der Waals surface area contributed by atoms with E-state index < -0.39 is 109 Å². The third-order valence-corrected chi connectivity index (χ3v) is 10.8. The van der Waals surface area contributed by atoms with Crippen LogP contribution in [0.1, 0.15) is 21.9 Å². The summed E-state index contributed by atoms with van der Waals surface area (Å²) in [5.74, 6) is -1.07. The zero-order valence-electron chi connectivity index (χ0n) is 45.3. The Kier molecular flexibility index (Phi) is 3.82. The monoisotopic (exact) mass is 742 g/mol. The van der Waals surface area contributed by atoms with Crippen LogP contribution in [0.3, 0.4) is 0 Å². The normalized spacial score (nSPS) is 16.1. The molecule has 0 aliphatic heterocycles. The molecule has 0 unspecified atom stereocenters. The van der Waals surface area contributed by atoms with Crippen molar-refractivity contribution in [1.29, 1.82) is 0 Å². The standard InChI is InChI=1S/C51H30N6/c1-2-21-39(31(15-1)37-22-14-30-46-47(37)40-24-13-23-38-36-20-7-8-25-41(36)55(46)48(38)40)49-52-50(56-42-26-9-3-16-32(42)33-17-4-10-27-43(33)56)54-51(53-49)57-44-28-11-5-18-34(44)35-19-6-12-29-45(35)57/h1-30H/i3D,4D,5D,6D,9D,10D,11D,12D,16D,17D,18D,19D,26D,27D,28D,29D. The van der Waals surface area contributed by atoms with Crippen molar-refractivity contribution in [1.82, 2.24) is 28.5 Å². The van der Waals surface area contributed by atoms with Crippen molar-refractivity contribution in [3.8, 4) is 34.4 Å². The van der Waals surface area contributed by atoms with Gasteiger partial charge in [-0.3, -0.25) is 9.13 Å². The molecule has 0 bridgehead atoms. The average molecular weight is 743 g/mol. The molecular formula is C51H30N6. The van der Waals surface area contributed by atoms with Gasteiger partial charge in [0, 0.05) is 48.7 Å². The second-order valence-corrected chi connectivity index (χ2v) is 13.6. The number of nitrogens with zero attached hydrogens (tertiary/aromatic N) is 6. The van der Waals surface area contributed by atoms with E-state index in [0.717, 1.165) is 52.8 Å². The molecule has 0 N–H and O–H groups in total. The van der Waals surface area contributed by atoms with Crippen molar-refractivity contribution < 1.29 is 21.9 Å². The summed E-state index contributed by atoms with van der Waals surface area (Å²) in [5.41, 5.74) is 3.32. The van der Waals surface area contributed by atoms with Gasteiger partial charge in [0.15, 0.2) is 5.82 Å². The average Bonchev–Trinajstić information content (AvgIpc) is 4.16. The molecule has 0 atom stereocenters. The molecule has 6 heteroatoms. The Morgan fingerprint density at radius 1 is 0.351 bits per heavy atom. The molecule has 13 aromatic rings. The van der Waals surface area contributed by atoms with E-state index in [2.05, 4.69) is 22.6 Å². The maximum absolute atomic E-state index is 9.30. The molecule has 0 radical (unpaired) electrons. The van der Waals surface area contributed by atoms with E-state index >= 15 is 0 Å². The molecule has 5 aromatic heterocycles. The maximum Gasteiger partial charge on any atom is 0.240 e. The molecule has 6 nitrogen and oxygen atoms in total. The first kappa shape index (κ1) is 19.2. The molecule has 13 rings (SSSR count). The fraction of sp³-hybridized carbons (Fsp3) is 0. The summed E-state index contributed by atoms with van der Waals surface area (Å²) in [7, 11) is 0. The van der Waals surface area contributed by atoms with Gasteiger partial charge in [0.1, 0.15) is 0 Å². The Labute approximate surface area is 348 Å². The number of fused-ring (bicyclic) bond motifs is 12. The summed E-state index contributed by atoms with van der Waals surface area (Å²) >= 11 is 0. The van der Waals surface area contributed by atoms with E-state index in [1.54, 1.807) is 12.1 Å². The van der Waals surface area contributed by atoms with Gasteiger partial charge < -0.3 is 4.40 Å². The molecule has 0 saturated carbocycles. The Morgan fingerprint density at radius 3 is 1.42 bits per heavy atom. The van der Waals surface area contributed by atoms with Gasteiger partial charge >= 0.3 is 0 Å². The molecule has 0 saturated heterocycles. The lowest BCUT2D eigenvalue weighted by atomic mass is 9.94. The van der Waals surface area contributed by atoms with Gasteiger partial charge in [0.05, 0.1) is 60.5 Å². The highest BCUT2D eigenvalue weighted by Gasteiger charge is 2.24. The van der Waals surface area contributed by atoms with Crippen molar-refractivity contribution in [2.75, 3.05) is 0 Å². The van der Waals surface area contributed by atoms with E-state index in [4.69, 9.17) is 31.4 Å². The fourth-order valence-corrected chi connectivity index (χ4v) is 8.53. The van der Waals surface area contributed by atoms with Crippen LogP contribution in [0.2, 0.25) is 0 Å². The molecular weight excluding hydrogens is 697 g/mol. The predicted molar refractivity (Wildman–Crippen MR) is 234 cm³/mol. The Morgan fingerprint density at radius 2 is 0.807 bits per heavy atom. The first-order valence-corrected chi connectivity index (χ1v) is 18.0. The van der Waals surface area contributed by atoms with Crippen molar-refractivity contribution in [2.24, 2.45) is 0 Å². The molecule has 8 aromatic carbocycles. The third-order valence-electron chi connectivity index (χ3n) is 10.8. The molecule has 0 aliphatic rings. The molecule has 264 valence electrons. The number of hydrogen-bond acceptors (Lipinski definition) is 3. The van der Waals surface area contributed by atoms with E-state index in [1.165, 1.54) is 0 Å². The lowest BCUT2D eigenvalue weighted by molar-refractivity contribution is 0.893. The van der Waals surface area contributed by atoms with E-state index in [0.29, 0.717) is 11.1 Å². The Balaban J connectivity index is 1.23. The first-order chi connectivity index (χ1) is 35.0. The van der Waals surface area contributed by atoms with Gasteiger partial charge in [-0.2, -0.15) is 15.0 Å². The van der Waals surface area contributed by atoms with Crippen LogP contribution in [-0.4, -0.2) is 28.5 Å². The minimum absolute atomic E-state index is 0.136. The zero-order valence-corrected chi connectivity index (χ0v) is 29.3. The number of hydrogen-bond donors (Lipinski definition) is 0. The van der Waals surface area contributed by atoms with E-state index in [-0.39, 0.29) is 49.4 Å². The second kappa shape index (κ2) is 11.4. The van der Waals surface area contributed by atoms with Crippen LogP contribution in [0, 0.1) is 0 Å². The second-order valence-electron chi connectivity index (χ2n) is 13.6. The van der Waals surface area contributed by atoms with Crippen LogP contribution < -0.4 is 0 Å². The highest BCUT2D eigenvalue weighted by molar-refractivity contribution is 6.26. The van der Waals surface area contributed by atoms with Gasteiger partial charge in [0.25, 0.3) is 0 Å². The number of aromatic nitrogens is 6. The summed E-state index contributed by atoms with van der Waals surface area (Å²) in [4.78, 5) is 14.9. The lowest BCUT2D eigenvalue weighted by Crippen LogP contribution is -2.10. The molecule has 0 aliphatic carbocycles. The topological polar surface area (TPSA) is 52.9 Å². The smallest absolute Gasteiger partial charge is 0.240 e. The molecule has 0 fully saturated rings. The summed E-state index contributed by atoms with van der Waals surface area (Å²) in [5, 5.41) is 2.93. The minimum Gasteiger partial charge on any atom is -0.308 e. The van der Waals surface area contributed by atoms with Crippen LogP contribution in [0.5, 0.6) is 0 Å². The van der Waals surface area contributed by atoms with Crippen LogP contribution in [0.25, 0.3) is 116 Å². The SMILES string of the molecule is [2H]c1c([2H])c([2H])c2c(c1[2H])c1c([2H])c([2H])c([2H])c([2H])c1n2-c1nc(-c2ccccc2-c2cccc3c2c2cccc4c5ccccc5n3c42)nc(-n2c3c([2H])c([2H])c([2H])c([2H])c3c3c([2H])c([2H])c([2H])c([2H])c32)n1.